The van der Waals surface area contributed by atoms with Crippen LogP contribution in [-0.2, 0) is 5.41 Å². The third-order valence-electron chi connectivity index (χ3n) is 6.00. The molecule has 0 saturated heterocycles. The lowest BCUT2D eigenvalue weighted by atomic mass is 9.43. The fraction of sp³-hybridized carbons (Fsp3) is 0.750. The van der Waals surface area contributed by atoms with Gasteiger partial charge in [-0.2, -0.15) is 0 Å². The molecular formula is C16H23N3O. The number of H-pyrrole nitrogens is 1. The van der Waals surface area contributed by atoms with Gasteiger partial charge < -0.3 is 5.73 Å². The zero-order valence-electron chi connectivity index (χ0n) is 12.3. The van der Waals surface area contributed by atoms with Crippen molar-refractivity contribution in [2.45, 2.75) is 57.8 Å². The molecule has 5 rings (SSSR count). The quantitative estimate of drug-likeness (QED) is 0.826. The van der Waals surface area contributed by atoms with Crippen molar-refractivity contribution in [3.63, 3.8) is 0 Å². The predicted octanol–water partition coefficient (Wildman–Crippen LogP) is 2.52. The van der Waals surface area contributed by atoms with Crippen LogP contribution in [0.4, 0.5) is 5.95 Å². The minimum absolute atomic E-state index is 0.000509. The van der Waals surface area contributed by atoms with Crippen LogP contribution in [-0.4, -0.2) is 9.97 Å². The molecule has 2 unspecified atom stereocenters. The third-order valence-corrected chi connectivity index (χ3v) is 6.00. The van der Waals surface area contributed by atoms with Crippen molar-refractivity contribution >= 4 is 5.95 Å². The number of rotatable bonds is 1. The van der Waals surface area contributed by atoms with Crippen LogP contribution in [0.3, 0.4) is 0 Å². The van der Waals surface area contributed by atoms with E-state index in [1.54, 1.807) is 0 Å². The minimum Gasteiger partial charge on any atom is -0.369 e. The smallest absolute Gasteiger partial charge is 0.256 e. The molecule has 20 heavy (non-hydrogen) atoms. The summed E-state index contributed by atoms with van der Waals surface area (Å²) in [5.41, 5.74) is 7.96. The Labute approximate surface area is 119 Å². The first-order valence-electron chi connectivity index (χ1n) is 7.76. The summed E-state index contributed by atoms with van der Waals surface area (Å²) in [5.74, 6) is 1.85. The van der Waals surface area contributed by atoms with E-state index in [4.69, 9.17) is 5.73 Å². The van der Waals surface area contributed by atoms with E-state index < -0.39 is 0 Å². The number of nitrogens with two attached hydrogens (primary N) is 1. The number of nitrogens with zero attached hydrogens (tertiary/aromatic N) is 1. The van der Waals surface area contributed by atoms with Gasteiger partial charge in [0, 0.05) is 11.0 Å². The summed E-state index contributed by atoms with van der Waals surface area (Å²) >= 11 is 0. The molecule has 0 radical (unpaired) electrons. The van der Waals surface area contributed by atoms with Crippen molar-refractivity contribution in [3.8, 4) is 0 Å². The van der Waals surface area contributed by atoms with E-state index in [1.165, 1.54) is 32.1 Å². The Morgan fingerprint density at radius 1 is 1.25 bits per heavy atom. The summed E-state index contributed by atoms with van der Waals surface area (Å²) in [6.45, 7) is 4.37. The van der Waals surface area contributed by atoms with E-state index in [0.29, 0.717) is 5.41 Å². The molecule has 4 fully saturated rings. The molecule has 4 heteroatoms. The Hall–Kier alpha value is -1.32. The first-order valence-corrected chi connectivity index (χ1v) is 7.76. The van der Waals surface area contributed by atoms with Crippen LogP contribution in [0.1, 0.15) is 56.7 Å². The van der Waals surface area contributed by atoms with E-state index >= 15 is 0 Å². The molecule has 0 aliphatic heterocycles. The molecule has 4 bridgehead atoms. The van der Waals surface area contributed by atoms with Crippen LogP contribution in [0, 0.1) is 24.2 Å². The zero-order valence-corrected chi connectivity index (χ0v) is 12.3. The zero-order chi connectivity index (χ0) is 14.1. The average molecular weight is 273 g/mol. The van der Waals surface area contributed by atoms with Crippen molar-refractivity contribution in [1.82, 2.24) is 9.97 Å². The largest absolute Gasteiger partial charge is 0.369 e. The fourth-order valence-corrected chi connectivity index (χ4v) is 6.25. The van der Waals surface area contributed by atoms with Gasteiger partial charge in [-0.05, 0) is 62.7 Å². The second kappa shape index (κ2) is 3.66. The lowest BCUT2D eigenvalue weighted by Gasteiger charge is -2.61. The van der Waals surface area contributed by atoms with Crippen molar-refractivity contribution < 1.29 is 0 Å². The van der Waals surface area contributed by atoms with Crippen LogP contribution in [0.25, 0.3) is 0 Å². The summed E-state index contributed by atoms with van der Waals surface area (Å²) in [6, 6.07) is 0. The maximum absolute atomic E-state index is 12.5. The molecule has 0 aromatic carbocycles. The molecule has 0 spiro atoms. The van der Waals surface area contributed by atoms with Gasteiger partial charge in [0.2, 0.25) is 5.95 Å². The molecule has 4 nitrogen and oxygen atoms in total. The average Bonchev–Trinajstić information content (AvgIpc) is 2.22. The Bertz CT molecular complexity index is 619. The molecule has 3 N–H and O–H groups in total. The van der Waals surface area contributed by atoms with Crippen molar-refractivity contribution in [2.75, 3.05) is 5.73 Å². The predicted molar refractivity (Wildman–Crippen MR) is 78.5 cm³/mol. The van der Waals surface area contributed by atoms with Crippen LogP contribution >= 0.6 is 0 Å². The summed E-state index contributed by atoms with van der Waals surface area (Å²) < 4.78 is 0. The highest BCUT2D eigenvalue weighted by Crippen LogP contribution is 2.65. The number of aryl methyl sites for hydroxylation is 1. The summed E-state index contributed by atoms with van der Waals surface area (Å²) in [4.78, 5) is 19.6. The normalized spacial score (nSPS) is 42.1. The van der Waals surface area contributed by atoms with E-state index in [-0.39, 0.29) is 16.9 Å². The van der Waals surface area contributed by atoms with Gasteiger partial charge >= 0.3 is 0 Å². The first kappa shape index (κ1) is 12.4. The maximum atomic E-state index is 12.5. The second-order valence-corrected chi connectivity index (χ2v) is 7.96. The Balaban J connectivity index is 1.88. The molecule has 4 aliphatic carbocycles. The third kappa shape index (κ3) is 1.60. The van der Waals surface area contributed by atoms with Crippen LogP contribution in [0.15, 0.2) is 4.79 Å². The van der Waals surface area contributed by atoms with Gasteiger partial charge in [-0.15, -0.1) is 0 Å². The van der Waals surface area contributed by atoms with Gasteiger partial charge in [0.15, 0.2) is 0 Å². The van der Waals surface area contributed by atoms with Crippen molar-refractivity contribution in [2.24, 2.45) is 17.3 Å². The molecule has 0 amide bonds. The number of aromatic nitrogens is 2. The highest BCUT2D eigenvalue weighted by molar-refractivity contribution is 5.34. The number of nitrogen functional groups attached to an aromatic ring is 1. The summed E-state index contributed by atoms with van der Waals surface area (Å²) in [7, 11) is 0. The molecular weight excluding hydrogens is 250 g/mol. The van der Waals surface area contributed by atoms with E-state index in [9.17, 15) is 4.79 Å². The summed E-state index contributed by atoms with van der Waals surface area (Å²) in [6.07, 6.45) is 7.58. The Morgan fingerprint density at radius 2 is 1.90 bits per heavy atom. The van der Waals surface area contributed by atoms with E-state index in [2.05, 4.69) is 16.9 Å². The number of aromatic amines is 1. The molecule has 2 atom stereocenters. The molecule has 1 aromatic heterocycles. The minimum atomic E-state index is 0.000509. The van der Waals surface area contributed by atoms with E-state index in [1.807, 2.05) is 6.92 Å². The van der Waals surface area contributed by atoms with Gasteiger partial charge in [0.1, 0.15) is 0 Å². The maximum Gasteiger partial charge on any atom is 0.256 e. The molecule has 4 saturated carbocycles. The SMILES string of the molecule is Cc1nc(N)[nH]c(=O)c1C12CC3CC(CC(C)(C3)C1)C2. The van der Waals surface area contributed by atoms with Gasteiger partial charge in [0.05, 0.1) is 5.69 Å². The number of nitrogens with one attached hydrogen (secondary N) is 1. The fourth-order valence-electron chi connectivity index (χ4n) is 6.25. The number of hydrogen-bond donors (Lipinski definition) is 2. The van der Waals surface area contributed by atoms with Crippen molar-refractivity contribution in [3.05, 3.63) is 21.6 Å². The molecule has 1 heterocycles. The molecule has 1 aromatic rings. The van der Waals surface area contributed by atoms with Crippen LogP contribution < -0.4 is 11.3 Å². The first-order chi connectivity index (χ1) is 9.39. The number of hydrogen-bond acceptors (Lipinski definition) is 3. The monoisotopic (exact) mass is 273 g/mol. The Morgan fingerprint density at radius 3 is 2.45 bits per heavy atom. The molecule has 108 valence electrons. The summed E-state index contributed by atoms with van der Waals surface area (Å²) in [5, 5.41) is 0. The second-order valence-electron chi connectivity index (χ2n) is 7.96. The van der Waals surface area contributed by atoms with Crippen molar-refractivity contribution in [1.29, 1.82) is 0 Å². The lowest BCUT2D eigenvalue weighted by molar-refractivity contribution is -0.0624. The van der Waals surface area contributed by atoms with Gasteiger partial charge in [0.25, 0.3) is 5.56 Å². The van der Waals surface area contributed by atoms with Gasteiger partial charge in [-0.3, -0.25) is 9.78 Å². The standard InChI is InChI=1S/C16H23N3O/c1-9-12(13(20)19-14(17)18-9)16-6-10-3-11(7-16)5-15(2,4-10)8-16/h10-11H,3-8H2,1-2H3,(H3,17,18,19,20). The van der Waals surface area contributed by atoms with Gasteiger partial charge in [-0.25, -0.2) is 4.98 Å². The highest BCUT2D eigenvalue weighted by atomic mass is 16.1. The van der Waals surface area contributed by atoms with E-state index in [0.717, 1.165) is 29.5 Å². The van der Waals surface area contributed by atoms with Crippen LogP contribution in [0.5, 0.6) is 0 Å². The number of anilines is 1. The lowest BCUT2D eigenvalue weighted by Crippen LogP contribution is -2.54. The molecule has 4 aliphatic rings. The Kier molecular flexibility index (Phi) is 2.27. The van der Waals surface area contributed by atoms with Gasteiger partial charge in [-0.1, -0.05) is 6.92 Å². The topological polar surface area (TPSA) is 71.8 Å². The highest BCUT2D eigenvalue weighted by Gasteiger charge is 2.57. The van der Waals surface area contributed by atoms with Crippen LogP contribution in [0.2, 0.25) is 0 Å².